The van der Waals surface area contributed by atoms with Crippen molar-refractivity contribution in [1.29, 1.82) is 0 Å². The molecule has 1 aliphatic rings. The van der Waals surface area contributed by atoms with Crippen molar-refractivity contribution < 1.29 is 4.79 Å². The molecule has 0 aliphatic carbocycles. The summed E-state index contributed by atoms with van der Waals surface area (Å²) in [6, 6.07) is 12.6. The van der Waals surface area contributed by atoms with Crippen molar-refractivity contribution in [2.45, 2.75) is 64.2 Å². The zero-order valence-electron chi connectivity index (χ0n) is 17.4. The van der Waals surface area contributed by atoms with E-state index < -0.39 is 0 Å². The molecule has 0 amide bonds. The summed E-state index contributed by atoms with van der Waals surface area (Å²) < 4.78 is 4.46. The molecular formula is C23H28N4OS. The summed E-state index contributed by atoms with van der Waals surface area (Å²) in [5, 5.41) is 9.55. The van der Waals surface area contributed by atoms with Gasteiger partial charge in [0.1, 0.15) is 5.82 Å². The maximum atomic E-state index is 13.0. The minimum absolute atomic E-state index is 0.153. The summed E-state index contributed by atoms with van der Waals surface area (Å²) in [5.41, 5.74) is 4.20. The largest absolute Gasteiger partial charge is 0.341 e. The quantitative estimate of drug-likeness (QED) is 0.425. The van der Waals surface area contributed by atoms with E-state index in [2.05, 4.69) is 57.4 Å². The number of rotatable bonds is 6. The molecule has 0 saturated heterocycles. The highest BCUT2D eigenvalue weighted by atomic mass is 32.2. The van der Waals surface area contributed by atoms with Crippen molar-refractivity contribution in [2.75, 3.05) is 5.75 Å². The van der Waals surface area contributed by atoms with Crippen molar-refractivity contribution in [2.24, 2.45) is 0 Å². The number of hydrogen-bond acceptors (Lipinski definition) is 4. The third-order valence-corrected chi connectivity index (χ3v) is 6.83. The molecule has 152 valence electrons. The van der Waals surface area contributed by atoms with Gasteiger partial charge in [0.15, 0.2) is 10.9 Å². The van der Waals surface area contributed by atoms with Crippen LogP contribution in [0.15, 0.2) is 41.6 Å². The number of hydrogen-bond donors (Lipinski definition) is 0. The number of benzene rings is 1. The van der Waals surface area contributed by atoms with Crippen LogP contribution in [-0.2, 0) is 13.0 Å². The van der Waals surface area contributed by atoms with E-state index in [-0.39, 0.29) is 11.8 Å². The lowest BCUT2D eigenvalue weighted by molar-refractivity contribution is 0.102. The minimum atomic E-state index is 0.153. The molecule has 1 aromatic carbocycles. The average Bonchev–Trinajstić information content (AvgIpc) is 3.15. The molecule has 0 N–H and O–H groups in total. The van der Waals surface area contributed by atoms with Crippen LogP contribution in [0.4, 0.5) is 0 Å². The minimum Gasteiger partial charge on any atom is -0.341 e. The van der Waals surface area contributed by atoms with Crippen LogP contribution in [0.2, 0.25) is 0 Å². The van der Waals surface area contributed by atoms with Crippen LogP contribution in [0.25, 0.3) is 0 Å². The Morgan fingerprint density at radius 1 is 1.14 bits per heavy atom. The van der Waals surface area contributed by atoms with Crippen LogP contribution in [0.1, 0.15) is 65.4 Å². The molecule has 3 aromatic rings. The Hall–Kier alpha value is -2.34. The lowest BCUT2D eigenvalue weighted by atomic mass is 10.1. The summed E-state index contributed by atoms with van der Waals surface area (Å²) >= 11 is 1.51. The molecule has 6 heteroatoms. The van der Waals surface area contributed by atoms with E-state index in [1.165, 1.54) is 30.2 Å². The molecule has 0 spiro atoms. The summed E-state index contributed by atoms with van der Waals surface area (Å²) in [7, 11) is 0. The monoisotopic (exact) mass is 408 g/mol. The fourth-order valence-corrected chi connectivity index (χ4v) is 5.18. The van der Waals surface area contributed by atoms with E-state index >= 15 is 0 Å². The standard InChI is InChI=1S/C23H28N4OS/c1-16-14-20(18(3)27(16)17(2)19-10-6-4-7-11-19)21(28)15-29-23-25-24-22-12-8-5-9-13-26(22)23/h4,6-7,10-11,14,17H,5,8-9,12-13,15H2,1-3H3/t17-/m0/s1. The summed E-state index contributed by atoms with van der Waals surface area (Å²) in [4.78, 5) is 13.0. The van der Waals surface area contributed by atoms with Crippen molar-refractivity contribution in [3.05, 3.63) is 64.7 Å². The lowest BCUT2D eigenvalue weighted by Crippen LogP contribution is -2.12. The van der Waals surface area contributed by atoms with Crippen molar-refractivity contribution in [3.63, 3.8) is 0 Å². The SMILES string of the molecule is Cc1cc(C(=O)CSc2nnc3n2CCCCC3)c(C)n1[C@@H](C)c1ccccc1. The van der Waals surface area contributed by atoms with Gasteiger partial charge in [-0.25, -0.2) is 0 Å². The van der Waals surface area contributed by atoms with E-state index in [4.69, 9.17) is 0 Å². The van der Waals surface area contributed by atoms with Gasteiger partial charge in [0, 0.05) is 29.9 Å². The van der Waals surface area contributed by atoms with Gasteiger partial charge in [-0.15, -0.1) is 10.2 Å². The molecule has 1 atom stereocenters. The first-order valence-electron chi connectivity index (χ1n) is 10.4. The molecule has 0 fully saturated rings. The molecule has 29 heavy (non-hydrogen) atoms. The number of aryl methyl sites for hydroxylation is 2. The Bertz CT molecular complexity index is 1010. The van der Waals surface area contributed by atoms with Crippen molar-refractivity contribution in [3.8, 4) is 0 Å². The number of nitrogens with zero attached hydrogens (tertiary/aromatic N) is 4. The maximum Gasteiger partial charge on any atom is 0.191 e. The van der Waals surface area contributed by atoms with Crippen LogP contribution < -0.4 is 0 Å². The van der Waals surface area contributed by atoms with Gasteiger partial charge in [0.25, 0.3) is 0 Å². The number of fused-ring (bicyclic) bond motifs is 1. The molecule has 5 nitrogen and oxygen atoms in total. The lowest BCUT2D eigenvalue weighted by Gasteiger charge is -2.19. The van der Waals surface area contributed by atoms with Crippen LogP contribution in [-0.4, -0.2) is 30.9 Å². The molecule has 0 radical (unpaired) electrons. The van der Waals surface area contributed by atoms with E-state index in [9.17, 15) is 4.79 Å². The van der Waals surface area contributed by atoms with Gasteiger partial charge in [-0.1, -0.05) is 48.5 Å². The number of carbonyl (C=O) groups is 1. The number of ketones is 1. The Morgan fingerprint density at radius 2 is 1.93 bits per heavy atom. The summed E-state index contributed by atoms with van der Waals surface area (Å²) in [6.07, 6.45) is 4.55. The molecular weight excluding hydrogens is 380 g/mol. The molecule has 0 unspecified atom stereocenters. The number of aromatic nitrogens is 4. The number of Topliss-reactive ketones (excluding diaryl/α,β-unsaturated/α-hetero) is 1. The van der Waals surface area contributed by atoms with Gasteiger partial charge in [-0.2, -0.15) is 0 Å². The van der Waals surface area contributed by atoms with Crippen LogP contribution in [0.5, 0.6) is 0 Å². The highest BCUT2D eigenvalue weighted by Gasteiger charge is 2.21. The van der Waals surface area contributed by atoms with E-state index in [1.54, 1.807) is 0 Å². The van der Waals surface area contributed by atoms with Gasteiger partial charge < -0.3 is 9.13 Å². The highest BCUT2D eigenvalue weighted by molar-refractivity contribution is 7.99. The van der Waals surface area contributed by atoms with E-state index in [0.29, 0.717) is 5.75 Å². The third-order valence-electron chi connectivity index (χ3n) is 5.86. The topological polar surface area (TPSA) is 52.7 Å². The van der Waals surface area contributed by atoms with Crippen molar-refractivity contribution >= 4 is 17.5 Å². The predicted molar refractivity (Wildman–Crippen MR) is 117 cm³/mol. The Morgan fingerprint density at radius 3 is 2.72 bits per heavy atom. The Balaban J connectivity index is 1.51. The van der Waals surface area contributed by atoms with Crippen molar-refractivity contribution in [1.82, 2.24) is 19.3 Å². The fraction of sp³-hybridized carbons (Fsp3) is 0.435. The summed E-state index contributed by atoms with van der Waals surface area (Å²) in [5.74, 6) is 1.61. The van der Waals surface area contributed by atoms with Gasteiger partial charge in [0.05, 0.1) is 11.8 Å². The van der Waals surface area contributed by atoms with E-state index in [1.807, 2.05) is 19.1 Å². The Labute approximate surface area is 176 Å². The normalized spacial score (nSPS) is 15.0. The van der Waals surface area contributed by atoms with Gasteiger partial charge in [-0.3, -0.25) is 4.79 Å². The first-order valence-corrected chi connectivity index (χ1v) is 11.4. The number of carbonyl (C=O) groups excluding carboxylic acids is 1. The second-order valence-corrected chi connectivity index (χ2v) is 8.76. The van der Waals surface area contributed by atoms with Crippen LogP contribution >= 0.6 is 11.8 Å². The van der Waals surface area contributed by atoms with Crippen LogP contribution in [0, 0.1) is 13.8 Å². The number of thioether (sulfide) groups is 1. The Kier molecular flexibility index (Phi) is 5.90. The average molecular weight is 409 g/mol. The van der Waals surface area contributed by atoms with E-state index in [0.717, 1.165) is 47.3 Å². The first kappa shape index (κ1) is 20.0. The van der Waals surface area contributed by atoms with Gasteiger partial charge in [-0.05, 0) is 45.2 Å². The second kappa shape index (κ2) is 8.57. The zero-order valence-corrected chi connectivity index (χ0v) is 18.2. The van der Waals surface area contributed by atoms with Crippen LogP contribution in [0.3, 0.4) is 0 Å². The molecule has 0 bridgehead atoms. The van der Waals surface area contributed by atoms with Gasteiger partial charge in [0.2, 0.25) is 0 Å². The molecule has 2 aromatic heterocycles. The molecule has 0 saturated carbocycles. The highest BCUT2D eigenvalue weighted by Crippen LogP contribution is 2.28. The zero-order chi connectivity index (χ0) is 20.4. The smallest absolute Gasteiger partial charge is 0.191 e. The predicted octanol–water partition coefficient (Wildman–Crippen LogP) is 5.01. The molecule has 3 heterocycles. The maximum absolute atomic E-state index is 13.0. The first-order chi connectivity index (χ1) is 14.1. The third kappa shape index (κ3) is 4.04. The summed E-state index contributed by atoms with van der Waals surface area (Å²) in [6.45, 7) is 7.27. The van der Waals surface area contributed by atoms with Gasteiger partial charge >= 0.3 is 0 Å². The second-order valence-electron chi connectivity index (χ2n) is 7.81. The fourth-order valence-electron chi connectivity index (χ4n) is 4.31. The molecule has 1 aliphatic heterocycles. The molecule has 4 rings (SSSR count).